The maximum Gasteiger partial charge on any atom is 0.0612 e. The van der Waals surface area contributed by atoms with Gasteiger partial charge in [0, 0.05) is 0 Å². The van der Waals surface area contributed by atoms with E-state index >= 15 is 0 Å². The molecule has 1 nitrogen and oxygen atoms in total. The quantitative estimate of drug-likeness (QED) is 0.860. The van der Waals surface area contributed by atoms with Crippen LogP contribution in [0.1, 0.15) is 31.4 Å². The van der Waals surface area contributed by atoms with Gasteiger partial charge < -0.3 is 5.11 Å². The molecular weight excluding hydrogens is 232 g/mol. The van der Waals surface area contributed by atoms with Crippen LogP contribution in [0.4, 0.5) is 0 Å². The zero-order valence-electron chi connectivity index (χ0n) is 11.8. The highest BCUT2D eigenvalue weighted by molar-refractivity contribution is 5.84. The molecule has 0 unspecified atom stereocenters. The van der Waals surface area contributed by atoms with E-state index in [1.54, 1.807) is 0 Å². The summed E-state index contributed by atoms with van der Waals surface area (Å²) < 4.78 is 0. The first kappa shape index (κ1) is 12.7. The van der Waals surface area contributed by atoms with Gasteiger partial charge in [0.25, 0.3) is 0 Å². The number of aliphatic hydroxyl groups is 1. The molecule has 0 bridgehead atoms. The maximum absolute atomic E-state index is 10.3. The molecule has 2 atom stereocenters. The van der Waals surface area contributed by atoms with Crippen LogP contribution in [-0.2, 0) is 12.8 Å². The number of aliphatic hydroxyl groups excluding tert-OH is 1. The molecular formula is C18H22O. The van der Waals surface area contributed by atoms with Gasteiger partial charge in [0.2, 0.25) is 0 Å². The van der Waals surface area contributed by atoms with Crippen molar-refractivity contribution in [3.8, 4) is 0 Å². The van der Waals surface area contributed by atoms with E-state index in [1.165, 1.54) is 21.9 Å². The third kappa shape index (κ3) is 2.52. The Morgan fingerprint density at radius 1 is 1.05 bits per heavy atom. The van der Waals surface area contributed by atoms with E-state index in [1.807, 2.05) is 0 Å². The van der Waals surface area contributed by atoms with Crippen molar-refractivity contribution >= 4 is 10.8 Å². The predicted octanol–water partition coefficient (Wildman–Crippen LogP) is 3.96. The van der Waals surface area contributed by atoms with E-state index < -0.39 is 0 Å². The fourth-order valence-electron chi connectivity index (χ4n) is 3.37. The summed E-state index contributed by atoms with van der Waals surface area (Å²) in [5.41, 5.74) is 2.78. The van der Waals surface area contributed by atoms with Crippen molar-refractivity contribution in [2.45, 2.75) is 39.2 Å². The van der Waals surface area contributed by atoms with E-state index in [4.69, 9.17) is 0 Å². The minimum Gasteiger partial charge on any atom is -0.392 e. The summed E-state index contributed by atoms with van der Waals surface area (Å²) in [5, 5.41) is 12.9. The zero-order chi connectivity index (χ0) is 13.4. The standard InChI is InChI=1S/C18H22O/c1-12(2)7-17-10-15-8-13-5-3-4-6-14(13)9-16(15)11-18(17)19/h3-6,8-9,12,17-19H,7,10-11H2,1-2H3/t17-,18+/m0/s1. The first-order valence-corrected chi connectivity index (χ1v) is 7.32. The summed E-state index contributed by atoms with van der Waals surface area (Å²) in [5.74, 6) is 1.08. The first-order valence-electron chi connectivity index (χ1n) is 7.32. The van der Waals surface area contributed by atoms with E-state index in [2.05, 4.69) is 50.2 Å². The molecule has 3 rings (SSSR count). The molecule has 0 saturated carbocycles. The Morgan fingerprint density at radius 3 is 2.21 bits per heavy atom. The SMILES string of the molecule is CC(C)C[C@H]1Cc2cc3ccccc3cc2C[C@H]1O. The monoisotopic (exact) mass is 254 g/mol. The molecule has 0 radical (unpaired) electrons. The molecule has 1 aliphatic rings. The number of rotatable bonds is 2. The lowest BCUT2D eigenvalue weighted by atomic mass is 9.77. The van der Waals surface area contributed by atoms with Crippen LogP contribution in [0.3, 0.4) is 0 Å². The van der Waals surface area contributed by atoms with Crippen molar-refractivity contribution in [3.63, 3.8) is 0 Å². The Bertz CT molecular complexity index is 585. The largest absolute Gasteiger partial charge is 0.392 e. The molecule has 0 amide bonds. The maximum atomic E-state index is 10.3. The molecule has 0 saturated heterocycles. The van der Waals surface area contributed by atoms with E-state index in [9.17, 15) is 5.11 Å². The van der Waals surface area contributed by atoms with Gasteiger partial charge in [0.15, 0.2) is 0 Å². The minimum atomic E-state index is -0.170. The molecule has 0 fully saturated rings. The molecule has 0 spiro atoms. The first-order chi connectivity index (χ1) is 9.13. The number of fused-ring (bicyclic) bond motifs is 2. The highest BCUT2D eigenvalue weighted by Crippen LogP contribution is 2.32. The summed E-state index contributed by atoms with van der Waals surface area (Å²) in [6.45, 7) is 4.48. The lowest BCUT2D eigenvalue weighted by Gasteiger charge is -2.31. The van der Waals surface area contributed by atoms with Gasteiger partial charge in [-0.1, -0.05) is 50.2 Å². The molecule has 0 aromatic heterocycles. The fraction of sp³-hybridized carbons (Fsp3) is 0.444. The summed E-state index contributed by atoms with van der Waals surface area (Å²) >= 11 is 0. The Balaban J connectivity index is 1.97. The van der Waals surface area contributed by atoms with Gasteiger partial charge in [-0.25, -0.2) is 0 Å². The topological polar surface area (TPSA) is 20.2 Å². The minimum absolute atomic E-state index is 0.170. The average Bonchev–Trinajstić information content (AvgIpc) is 2.37. The van der Waals surface area contributed by atoms with Crippen LogP contribution in [0.5, 0.6) is 0 Å². The Morgan fingerprint density at radius 2 is 1.63 bits per heavy atom. The summed E-state index contributed by atoms with van der Waals surface area (Å²) in [7, 11) is 0. The second-order valence-corrected chi connectivity index (χ2v) is 6.33. The second kappa shape index (κ2) is 4.97. The highest BCUT2D eigenvalue weighted by atomic mass is 16.3. The summed E-state index contributed by atoms with van der Waals surface area (Å²) in [6.07, 6.45) is 2.79. The lowest BCUT2D eigenvalue weighted by Crippen LogP contribution is -2.31. The van der Waals surface area contributed by atoms with Crippen LogP contribution >= 0.6 is 0 Å². The van der Waals surface area contributed by atoms with Crippen molar-refractivity contribution in [1.82, 2.24) is 0 Å². The average molecular weight is 254 g/mol. The number of hydrogen-bond acceptors (Lipinski definition) is 1. The van der Waals surface area contributed by atoms with E-state index in [0.717, 1.165) is 19.3 Å². The smallest absolute Gasteiger partial charge is 0.0612 e. The van der Waals surface area contributed by atoms with Crippen LogP contribution < -0.4 is 0 Å². The molecule has 0 heterocycles. The third-order valence-corrected chi connectivity index (χ3v) is 4.30. The molecule has 0 aliphatic heterocycles. The van der Waals surface area contributed by atoms with Gasteiger partial charge >= 0.3 is 0 Å². The number of hydrogen-bond donors (Lipinski definition) is 1. The van der Waals surface area contributed by atoms with Crippen LogP contribution in [0.15, 0.2) is 36.4 Å². The Hall–Kier alpha value is -1.34. The molecule has 100 valence electrons. The third-order valence-electron chi connectivity index (χ3n) is 4.30. The van der Waals surface area contributed by atoms with Crippen molar-refractivity contribution in [2.24, 2.45) is 11.8 Å². The van der Waals surface area contributed by atoms with Gasteiger partial charge in [0.05, 0.1) is 6.10 Å². The van der Waals surface area contributed by atoms with Gasteiger partial charge in [-0.15, -0.1) is 0 Å². The summed E-state index contributed by atoms with van der Waals surface area (Å²) in [4.78, 5) is 0. The van der Waals surface area contributed by atoms with Crippen molar-refractivity contribution in [3.05, 3.63) is 47.5 Å². The molecule has 1 heteroatoms. The van der Waals surface area contributed by atoms with Crippen LogP contribution in [0.2, 0.25) is 0 Å². The summed E-state index contributed by atoms with van der Waals surface area (Å²) in [6, 6.07) is 13.1. The van der Waals surface area contributed by atoms with Crippen molar-refractivity contribution in [2.75, 3.05) is 0 Å². The second-order valence-electron chi connectivity index (χ2n) is 6.33. The van der Waals surface area contributed by atoms with E-state index in [0.29, 0.717) is 11.8 Å². The Labute approximate surface area is 115 Å². The zero-order valence-corrected chi connectivity index (χ0v) is 11.8. The van der Waals surface area contributed by atoms with Crippen LogP contribution in [-0.4, -0.2) is 11.2 Å². The van der Waals surface area contributed by atoms with Gasteiger partial charge in [0.1, 0.15) is 0 Å². The van der Waals surface area contributed by atoms with Crippen molar-refractivity contribution < 1.29 is 5.11 Å². The van der Waals surface area contributed by atoms with Gasteiger partial charge in [-0.2, -0.15) is 0 Å². The molecule has 2 aromatic carbocycles. The van der Waals surface area contributed by atoms with Gasteiger partial charge in [-0.05, 0) is 53.0 Å². The molecule has 1 N–H and O–H groups in total. The predicted molar refractivity (Wildman–Crippen MR) is 80.3 cm³/mol. The number of benzene rings is 2. The lowest BCUT2D eigenvalue weighted by molar-refractivity contribution is 0.0873. The fourth-order valence-corrected chi connectivity index (χ4v) is 3.37. The van der Waals surface area contributed by atoms with Crippen molar-refractivity contribution in [1.29, 1.82) is 0 Å². The normalized spacial score (nSPS) is 22.7. The van der Waals surface area contributed by atoms with E-state index in [-0.39, 0.29) is 6.10 Å². The van der Waals surface area contributed by atoms with Crippen LogP contribution in [0.25, 0.3) is 10.8 Å². The van der Waals surface area contributed by atoms with Gasteiger partial charge in [-0.3, -0.25) is 0 Å². The molecule has 1 aliphatic carbocycles. The molecule has 19 heavy (non-hydrogen) atoms. The molecule has 2 aromatic rings. The Kier molecular flexibility index (Phi) is 3.32. The van der Waals surface area contributed by atoms with Crippen LogP contribution in [0, 0.1) is 11.8 Å². The highest BCUT2D eigenvalue weighted by Gasteiger charge is 2.27.